The molecule has 28 heavy (non-hydrogen) atoms. The number of allylic oxidation sites excluding steroid dienone is 2. The molecule has 2 fully saturated rings. The molecule has 162 valence electrons. The van der Waals surface area contributed by atoms with E-state index in [-0.39, 0.29) is 41.6 Å². The number of amides is 1. The molecule has 2 saturated heterocycles. The summed E-state index contributed by atoms with van der Waals surface area (Å²) in [5, 5.41) is 24.9. The van der Waals surface area contributed by atoms with Crippen LogP contribution in [0.25, 0.3) is 0 Å². The van der Waals surface area contributed by atoms with Crippen molar-refractivity contribution in [2.24, 2.45) is 29.6 Å². The fourth-order valence-corrected chi connectivity index (χ4v) is 5.03. The molecule has 0 aromatic heterocycles. The molecular weight excluding hydrogens is 354 g/mol. The second kappa shape index (κ2) is 9.73. The van der Waals surface area contributed by atoms with Crippen molar-refractivity contribution in [3.63, 3.8) is 0 Å². The number of carbonyl (C=O) groups is 1. The van der Waals surface area contributed by atoms with Gasteiger partial charge in [0, 0.05) is 30.1 Å². The molecule has 0 aromatic carbocycles. The van der Waals surface area contributed by atoms with Crippen molar-refractivity contribution in [1.82, 2.24) is 5.32 Å². The standard InChI is InChI=1S/C23H41NO4/c1-7-9-10-11-14(3)19(25)13-20-16(5)21(26)17(6)23(28-20)15(4)12-18(8-2)22(27)24-23/h7,9,14-21,25-26H,8,10-13H2,1-6H3,(H,24,27)/t14-,15-,16-,17-,18-,19-,20-,21-,23+/m0/s1. The Kier molecular flexibility index (Phi) is 8.12. The predicted molar refractivity (Wildman–Crippen MR) is 111 cm³/mol. The predicted octanol–water partition coefficient (Wildman–Crippen LogP) is 3.64. The molecule has 1 spiro atoms. The SMILES string of the molecule is CC=CCC[C@H](C)[C@@H](O)C[C@@H]1O[C@@]2(NC(=O)[C@@H](CC)C[C@@H]2C)[C@@H](C)[C@@H](O)[C@H]1C. The maximum absolute atomic E-state index is 12.6. The Labute approximate surface area is 170 Å². The largest absolute Gasteiger partial charge is 0.393 e. The molecule has 0 saturated carbocycles. The number of hydrogen-bond donors (Lipinski definition) is 3. The van der Waals surface area contributed by atoms with Crippen LogP contribution in [0.4, 0.5) is 0 Å². The quantitative estimate of drug-likeness (QED) is 0.575. The summed E-state index contributed by atoms with van der Waals surface area (Å²) in [4.78, 5) is 12.6. The lowest BCUT2D eigenvalue weighted by molar-refractivity contribution is -0.267. The van der Waals surface area contributed by atoms with Crippen molar-refractivity contribution in [2.75, 3.05) is 0 Å². The van der Waals surface area contributed by atoms with Gasteiger partial charge >= 0.3 is 0 Å². The minimum absolute atomic E-state index is 0.00333. The van der Waals surface area contributed by atoms with Gasteiger partial charge in [-0.1, -0.05) is 46.8 Å². The van der Waals surface area contributed by atoms with Crippen LogP contribution in [0.15, 0.2) is 12.2 Å². The van der Waals surface area contributed by atoms with Gasteiger partial charge in [-0.05, 0) is 38.5 Å². The Hall–Kier alpha value is -0.910. The maximum Gasteiger partial charge on any atom is 0.225 e. The molecule has 1 amide bonds. The zero-order valence-electron chi connectivity index (χ0n) is 18.5. The van der Waals surface area contributed by atoms with Crippen LogP contribution in [-0.4, -0.2) is 40.2 Å². The average Bonchev–Trinajstić information content (AvgIpc) is 2.66. The highest BCUT2D eigenvalue weighted by atomic mass is 16.5. The van der Waals surface area contributed by atoms with E-state index >= 15 is 0 Å². The number of carbonyl (C=O) groups excluding carboxylic acids is 1. The van der Waals surface area contributed by atoms with E-state index in [4.69, 9.17) is 4.74 Å². The molecular formula is C23H41NO4. The lowest BCUT2D eigenvalue weighted by atomic mass is 9.69. The Morgan fingerprint density at radius 1 is 1.36 bits per heavy atom. The van der Waals surface area contributed by atoms with Gasteiger partial charge in [0.1, 0.15) is 5.72 Å². The molecule has 2 heterocycles. The second-order valence-corrected chi connectivity index (χ2v) is 9.25. The number of ether oxygens (including phenoxy) is 1. The third-order valence-corrected chi connectivity index (χ3v) is 7.37. The van der Waals surface area contributed by atoms with Gasteiger partial charge in [0.05, 0.1) is 18.3 Å². The second-order valence-electron chi connectivity index (χ2n) is 9.25. The third kappa shape index (κ3) is 4.63. The molecule has 9 atom stereocenters. The van der Waals surface area contributed by atoms with Gasteiger partial charge in [-0.15, -0.1) is 0 Å². The smallest absolute Gasteiger partial charge is 0.225 e. The Bertz CT molecular complexity index is 551. The van der Waals surface area contributed by atoms with E-state index in [1.807, 2.05) is 33.8 Å². The van der Waals surface area contributed by atoms with Gasteiger partial charge in [-0.2, -0.15) is 0 Å². The van der Waals surface area contributed by atoms with Crippen LogP contribution < -0.4 is 5.32 Å². The minimum Gasteiger partial charge on any atom is -0.393 e. The molecule has 0 radical (unpaired) electrons. The average molecular weight is 396 g/mol. The lowest BCUT2D eigenvalue weighted by Crippen LogP contribution is -2.71. The van der Waals surface area contributed by atoms with Gasteiger partial charge in [0.15, 0.2) is 0 Å². The molecule has 0 unspecified atom stereocenters. The maximum atomic E-state index is 12.6. The number of aliphatic hydroxyl groups is 2. The van der Waals surface area contributed by atoms with Gasteiger partial charge in [-0.3, -0.25) is 4.79 Å². The first-order valence-corrected chi connectivity index (χ1v) is 11.1. The van der Waals surface area contributed by atoms with Crippen LogP contribution in [0, 0.1) is 29.6 Å². The van der Waals surface area contributed by atoms with Gasteiger partial charge in [0.2, 0.25) is 5.91 Å². The van der Waals surface area contributed by atoms with Crippen LogP contribution in [0.2, 0.25) is 0 Å². The van der Waals surface area contributed by atoms with Crippen LogP contribution in [0.3, 0.4) is 0 Å². The number of nitrogens with one attached hydrogen (secondary N) is 1. The van der Waals surface area contributed by atoms with Crippen molar-refractivity contribution in [2.45, 2.75) is 97.7 Å². The molecule has 0 bridgehead atoms. The van der Waals surface area contributed by atoms with Crippen molar-refractivity contribution < 1.29 is 19.7 Å². The molecule has 3 N–H and O–H groups in total. The molecule has 5 heteroatoms. The van der Waals surface area contributed by atoms with Crippen LogP contribution in [0.1, 0.15) is 73.6 Å². The summed E-state index contributed by atoms with van der Waals surface area (Å²) >= 11 is 0. The number of aliphatic hydroxyl groups excluding tert-OH is 2. The number of piperidine rings is 1. The zero-order valence-corrected chi connectivity index (χ0v) is 18.5. The highest BCUT2D eigenvalue weighted by molar-refractivity contribution is 5.80. The van der Waals surface area contributed by atoms with Crippen molar-refractivity contribution >= 4 is 5.91 Å². The molecule has 0 aromatic rings. The molecule has 2 aliphatic rings. The van der Waals surface area contributed by atoms with Crippen LogP contribution >= 0.6 is 0 Å². The van der Waals surface area contributed by atoms with Crippen molar-refractivity contribution in [3.05, 3.63) is 12.2 Å². The topological polar surface area (TPSA) is 78.8 Å². The monoisotopic (exact) mass is 395 g/mol. The third-order valence-electron chi connectivity index (χ3n) is 7.37. The van der Waals surface area contributed by atoms with E-state index in [0.29, 0.717) is 6.42 Å². The van der Waals surface area contributed by atoms with Crippen LogP contribution in [-0.2, 0) is 9.53 Å². The highest BCUT2D eigenvalue weighted by Gasteiger charge is 2.57. The summed E-state index contributed by atoms with van der Waals surface area (Å²) in [7, 11) is 0. The number of rotatable bonds is 7. The first kappa shape index (κ1) is 23.4. The molecule has 2 aliphatic heterocycles. The summed E-state index contributed by atoms with van der Waals surface area (Å²) in [5.41, 5.74) is -0.854. The van der Waals surface area contributed by atoms with E-state index in [2.05, 4.69) is 25.2 Å². The summed E-state index contributed by atoms with van der Waals surface area (Å²) in [6.45, 7) is 12.2. The van der Waals surface area contributed by atoms with E-state index in [9.17, 15) is 15.0 Å². The van der Waals surface area contributed by atoms with E-state index in [1.54, 1.807) is 0 Å². The van der Waals surface area contributed by atoms with Crippen LogP contribution in [0.5, 0.6) is 0 Å². The van der Waals surface area contributed by atoms with Crippen molar-refractivity contribution in [1.29, 1.82) is 0 Å². The fourth-order valence-electron chi connectivity index (χ4n) is 5.03. The Balaban J connectivity index is 2.15. The normalized spacial score (nSPS) is 41.2. The molecule has 5 nitrogen and oxygen atoms in total. The van der Waals surface area contributed by atoms with E-state index < -0.39 is 17.9 Å². The summed E-state index contributed by atoms with van der Waals surface area (Å²) in [6, 6.07) is 0. The first-order valence-electron chi connectivity index (χ1n) is 11.1. The summed E-state index contributed by atoms with van der Waals surface area (Å²) < 4.78 is 6.57. The van der Waals surface area contributed by atoms with Gasteiger partial charge in [-0.25, -0.2) is 0 Å². The zero-order chi connectivity index (χ0) is 21.1. The summed E-state index contributed by atoms with van der Waals surface area (Å²) in [6.07, 6.45) is 6.71. The molecule has 0 aliphatic carbocycles. The Morgan fingerprint density at radius 2 is 2.04 bits per heavy atom. The molecule has 2 rings (SSSR count). The summed E-state index contributed by atoms with van der Waals surface area (Å²) in [5.74, 6) is 0.00365. The minimum atomic E-state index is -0.854. The first-order chi connectivity index (χ1) is 13.2. The van der Waals surface area contributed by atoms with Gasteiger partial charge < -0.3 is 20.3 Å². The van der Waals surface area contributed by atoms with Crippen molar-refractivity contribution in [3.8, 4) is 0 Å². The van der Waals surface area contributed by atoms with Gasteiger partial charge in [0.25, 0.3) is 0 Å². The fraction of sp³-hybridized carbons (Fsp3) is 0.870. The lowest BCUT2D eigenvalue weighted by Gasteiger charge is -2.56. The van der Waals surface area contributed by atoms with E-state index in [0.717, 1.165) is 25.7 Å². The highest BCUT2D eigenvalue weighted by Crippen LogP contribution is 2.46. The number of hydrogen-bond acceptors (Lipinski definition) is 4. The van der Waals surface area contributed by atoms with E-state index in [1.165, 1.54) is 0 Å². The Morgan fingerprint density at radius 3 is 2.64 bits per heavy atom.